The largest absolute Gasteiger partial charge is 0.355 e. The van der Waals surface area contributed by atoms with Crippen molar-refractivity contribution in [2.75, 3.05) is 0 Å². The molecular weight excluding hydrogens is 210 g/mol. The predicted octanol–water partition coefficient (Wildman–Crippen LogP) is 4.10. The number of rotatable bonds is 7. The van der Waals surface area contributed by atoms with Crippen molar-refractivity contribution in [2.24, 2.45) is 5.92 Å². The van der Waals surface area contributed by atoms with Crippen molar-refractivity contribution in [1.29, 1.82) is 0 Å². The molecule has 0 bridgehead atoms. The van der Waals surface area contributed by atoms with Crippen LogP contribution in [0.1, 0.15) is 73.1 Å². The molecule has 1 heterocycles. The van der Waals surface area contributed by atoms with Crippen LogP contribution in [-0.4, -0.2) is 17.9 Å². The molecule has 0 radical (unpaired) electrons. The summed E-state index contributed by atoms with van der Waals surface area (Å²) in [5, 5.41) is 3.73. The molecule has 1 aliphatic rings. The third-order valence-corrected chi connectivity index (χ3v) is 4.24. The van der Waals surface area contributed by atoms with Gasteiger partial charge in [-0.2, -0.15) is 0 Å². The Morgan fingerprint density at radius 2 is 1.71 bits per heavy atom. The smallest absolute Gasteiger partial charge is 0.109 e. The van der Waals surface area contributed by atoms with Gasteiger partial charge in [0.2, 0.25) is 0 Å². The van der Waals surface area contributed by atoms with Crippen molar-refractivity contribution in [3.05, 3.63) is 0 Å². The van der Waals surface area contributed by atoms with Crippen molar-refractivity contribution in [3.63, 3.8) is 0 Å². The molecule has 1 saturated heterocycles. The van der Waals surface area contributed by atoms with Crippen molar-refractivity contribution in [1.82, 2.24) is 5.32 Å². The van der Waals surface area contributed by atoms with Crippen LogP contribution in [0, 0.1) is 5.92 Å². The fourth-order valence-corrected chi connectivity index (χ4v) is 3.26. The van der Waals surface area contributed by atoms with Crippen LogP contribution in [0.15, 0.2) is 0 Å². The van der Waals surface area contributed by atoms with E-state index in [2.05, 4.69) is 39.9 Å². The maximum atomic E-state index is 6.40. The maximum Gasteiger partial charge on any atom is 0.109 e. The lowest BCUT2D eigenvalue weighted by atomic mass is 9.79. The third-order valence-electron chi connectivity index (χ3n) is 4.24. The molecule has 0 saturated carbocycles. The summed E-state index contributed by atoms with van der Waals surface area (Å²) < 4.78 is 6.40. The first kappa shape index (κ1) is 15.0. The number of hydrogen-bond donors (Lipinski definition) is 1. The van der Waals surface area contributed by atoms with E-state index in [9.17, 15) is 0 Å². The zero-order valence-corrected chi connectivity index (χ0v) is 12.4. The molecule has 0 aromatic rings. The highest BCUT2D eigenvalue weighted by Crippen LogP contribution is 2.38. The van der Waals surface area contributed by atoms with Crippen LogP contribution >= 0.6 is 0 Å². The Morgan fingerprint density at radius 1 is 1.12 bits per heavy atom. The first-order valence-corrected chi connectivity index (χ1v) is 7.57. The van der Waals surface area contributed by atoms with Crippen LogP contribution in [0.5, 0.6) is 0 Å². The minimum Gasteiger partial charge on any atom is -0.355 e. The first-order chi connectivity index (χ1) is 8.13. The van der Waals surface area contributed by atoms with Crippen LogP contribution in [-0.2, 0) is 4.74 Å². The molecule has 0 amide bonds. The molecule has 1 unspecified atom stereocenters. The van der Waals surface area contributed by atoms with Gasteiger partial charge >= 0.3 is 0 Å². The Balaban J connectivity index is 2.87. The summed E-state index contributed by atoms with van der Waals surface area (Å²) in [6, 6.07) is 0.539. The summed E-state index contributed by atoms with van der Waals surface area (Å²) in [4.78, 5) is 0. The quantitative estimate of drug-likeness (QED) is 0.724. The third kappa shape index (κ3) is 3.23. The summed E-state index contributed by atoms with van der Waals surface area (Å²) in [5.74, 6) is 0.699. The lowest BCUT2D eigenvalue weighted by Gasteiger charge is -2.36. The summed E-state index contributed by atoms with van der Waals surface area (Å²) >= 11 is 0. The second-order valence-corrected chi connectivity index (χ2v) is 5.61. The molecule has 0 aromatic carbocycles. The van der Waals surface area contributed by atoms with E-state index in [-0.39, 0.29) is 11.8 Å². The van der Waals surface area contributed by atoms with Gasteiger partial charge in [-0.1, -0.05) is 53.9 Å². The van der Waals surface area contributed by atoms with Crippen molar-refractivity contribution >= 4 is 0 Å². The maximum absolute atomic E-state index is 6.40. The zero-order valence-electron chi connectivity index (χ0n) is 12.4. The highest BCUT2D eigenvalue weighted by atomic mass is 16.5. The number of ether oxygens (including phenoxy) is 1. The molecule has 2 heteroatoms. The summed E-state index contributed by atoms with van der Waals surface area (Å²) in [5.41, 5.74) is 0.0968. The van der Waals surface area contributed by atoms with Crippen LogP contribution in [0.25, 0.3) is 0 Å². The summed E-state index contributed by atoms with van der Waals surface area (Å²) in [7, 11) is 0. The van der Waals surface area contributed by atoms with Crippen molar-refractivity contribution < 1.29 is 4.74 Å². The molecule has 0 aliphatic carbocycles. The van der Waals surface area contributed by atoms with Gasteiger partial charge in [-0.3, -0.25) is 5.32 Å². The molecule has 1 rings (SSSR count). The Bertz CT molecular complexity index is 211. The average molecular weight is 241 g/mol. The van der Waals surface area contributed by atoms with E-state index in [1.807, 2.05) is 0 Å². The molecule has 1 N–H and O–H groups in total. The predicted molar refractivity (Wildman–Crippen MR) is 74.1 cm³/mol. The fraction of sp³-hybridized carbons (Fsp3) is 1.00. The van der Waals surface area contributed by atoms with E-state index in [1.54, 1.807) is 0 Å². The average Bonchev–Trinajstić information content (AvgIpc) is 2.68. The topological polar surface area (TPSA) is 21.3 Å². The number of hydrogen-bond acceptors (Lipinski definition) is 2. The lowest BCUT2D eigenvalue weighted by Crippen LogP contribution is -2.47. The van der Waals surface area contributed by atoms with Crippen LogP contribution in [0.3, 0.4) is 0 Å². The molecule has 0 aromatic heterocycles. The van der Waals surface area contributed by atoms with Gasteiger partial charge in [0.1, 0.15) is 6.23 Å². The Hall–Kier alpha value is -0.0800. The standard InChI is InChI=1S/C15H31NO/c1-6-10-15(11-7-2)14(12(5)8-3)16-13(9-4)17-15/h12-14,16H,6-11H2,1-5H3/t12?,13-,14-/m0/s1. The van der Waals surface area contributed by atoms with Crippen molar-refractivity contribution in [2.45, 2.75) is 91.0 Å². The van der Waals surface area contributed by atoms with Gasteiger partial charge in [-0.25, -0.2) is 0 Å². The van der Waals surface area contributed by atoms with E-state index in [4.69, 9.17) is 4.74 Å². The van der Waals surface area contributed by atoms with Crippen LogP contribution in [0.4, 0.5) is 0 Å². The van der Waals surface area contributed by atoms with E-state index < -0.39 is 0 Å². The fourth-order valence-electron chi connectivity index (χ4n) is 3.26. The van der Waals surface area contributed by atoms with E-state index in [0.29, 0.717) is 12.0 Å². The van der Waals surface area contributed by atoms with Crippen molar-refractivity contribution in [3.8, 4) is 0 Å². The highest BCUT2D eigenvalue weighted by molar-refractivity contribution is 5.00. The van der Waals surface area contributed by atoms with Gasteiger partial charge in [0.25, 0.3) is 0 Å². The molecule has 2 nitrogen and oxygen atoms in total. The second kappa shape index (κ2) is 6.75. The first-order valence-electron chi connectivity index (χ1n) is 7.57. The SMILES string of the molecule is CCCC1(CCC)O[C@@H](CC)N[C@H]1C(C)CC. The van der Waals surface area contributed by atoms with Gasteiger partial charge in [0.05, 0.1) is 5.60 Å². The minimum absolute atomic E-state index is 0.0968. The normalized spacial score (nSPS) is 29.5. The zero-order chi connectivity index (χ0) is 12.9. The number of nitrogens with one attached hydrogen (secondary N) is 1. The van der Waals surface area contributed by atoms with E-state index in [0.717, 1.165) is 6.42 Å². The van der Waals surface area contributed by atoms with Gasteiger partial charge in [0.15, 0.2) is 0 Å². The van der Waals surface area contributed by atoms with Gasteiger partial charge in [-0.05, 0) is 25.2 Å². The summed E-state index contributed by atoms with van der Waals surface area (Å²) in [6.45, 7) is 11.4. The molecule has 102 valence electrons. The monoisotopic (exact) mass is 241 g/mol. The Morgan fingerprint density at radius 3 is 2.12 bits per heavy atom. The highest BCUT2D eigenvalue weighted by Gasteiger charge is 2.47. The molecule has 0 spiro atoms. The molecule has 1 aliphatic heterocycles. The molecule has 3 atom stereocenters. The Labute approximate surface area is 108 Å². The van der Waals surface area contributed by atoms with Crippen LogP contribution < -0.4 is 5.32 Å². The van der Waals surface area contributed by atoms with E-state index in [1.165, 1.54) is 32.1 Å². The molecule has 17 heavy (non-hydrogen) atoms. The van der Waals surface area contributed by atoms with E-state index >= 15 is 0 Å². The molecular formula is C15H31NO. The Kier molecular flexibility index (Phi) is 5.94. The van der Waals surface area contributed by atoms with Gasteiger partial charge in [0, 0.05) is 6.04 Å². The molecule has 1 fully saturated rings. The van der Waals surface area contributed by atoms with Crippen LogP contribution in [0.2, 0.25) is 0 Å². The van der Waals surface area contributed by atoms with Gasteiger partial charge in [-0.15, -0.1) is 0 Å². The minimum atomic E-state index is 0.0968. The second-order valence-electron chi connectivity index (χ2n) is 5.61. The lowest BCUT2D eigenvalue weighted by molar-refractivity contribution is -0.0661. The summed E-state index contributed by atoms with van der Waals surface area (Å²) in [6.07, 6.45) is 7.39. The van der Waals surface area contributed by atoms with Gasteiger partial charge < -0.3 is 4.74 Å².